The topological polar surface area (TPSA) is 50.4 Å². The van der Waals surface area contributed by atoms with Crippen LogP contribution in [0.1, 0.15) is 24.0 Å². The number of anilines is 1. The Labute approximate surface area is 145 Å². The van der Waals surface area contributed by atoms with Gasteiger partial charge in [0.15, 0.2) is 11.6 Å². The van der Waals surface area contributed by atoms with E-state index < -0.39 is 17.7 Å². The van der Waals surface area contributed by atoms with E-state index in [1.54, 1.807) is 0 Å². The molecule has 0 bridgehead atoms. The molecule has 2 aromatic carbocycles. The van der Waals surface area contributed by atoms with Crippen molar-refractivity contribution in [3.8, 4) is 5.75 Å². The highest BCUT2D eigenvalue weighted by atomic mass is 19.2. The number of carbonyl (C=O) groups is 1. The Morgan fingerprint density at radius 2 is 1.92 bits per heavy atom. The lowest BCUT2D eigenvalue weighted by atomic mass is 9.91. The number of amides is 2. The van der Waals surface area contributed by atoms with E-state index in [0.717, 1.165) is 30.7 Å². The third kappa shape index (κ3) is 4.47. The van der Waals surface area contributed by atoms with Crippen LogP contribution in [0.4, 0.5) is 19.3 Å². The minimum absolute atomic E-state index is 0.189. The summed E-state index contributed by atoms with van der Waals surface area (Å²) in [5.74, 6) is -1.08. The molecule has 0 aliphatic heterocycles. The van der Waals surface area contributed by atoms with Crippen LogP contribution in [0, 0.1) is 11.6 Å². The number of halogens is 2. The summed E-state index contributed by atoms with van der Waals surface area (Å²) in [5.41, 5.74) is 2.79. The monoisotopic (exact) mass is 346 g/mol. The van der Waals surface area contributed by atoms with Crippen LogP contribution in [0.2, 0.25) is 0 Å². The zero-order valence-corrected chi connectivity index (χ0v) is 13.8. The van der Waals surface area contributed by atoms with Crippen LogP contribution in [0.3, 0.4) is 0 Å². The van der Waals surface area contributed by atoms with E-state index in [0.29, 0.717) is 13.2 Å². The van der Waals surface area contributed by atoms with E-state index in [1.165, 1.54) is 30.0 Å². The SMILES string of the molecule is O=C(NCCOc1cccc2c1CCCC2)Nc1ccc(F)c(F)c1. The molecule has 2 aromatic rings. The van der Waals surface area contributed by atoms with Gasteiger partial charge < -0.3 is 15.4 Å². The van der Waals surface area contributed by atoms with E-state index >= 15 is 0 Å². The van der Waals surface area contributed by atoms with Crippen LogP contribution in [-0.4, -0.2) is 19.2 Å². The highest BCUT2D eigenvalue weighted by Gasteiger charge is 2.13. The zero-order chi connectivity index (χ0) is 17.6. The first-order valence-corrected chi connectivity index (χ1v) is 8.37. The second-order valence-corrected chi connectivity index (χ2v) is 5.96. The fraction of sp³-hybridized carbons (Fsp3) is 0.316. The Balaban J connectivity index is 1.45. The van der Waals surface area contributed by atoms with E-state index in [4.69, 9.17) is 4.74 Å². The maximum Gasteiger partial charge on any atom is 0.319 e. The molecule has 0 spiro atoms. The summed E-state index contributed by atoms with van der Waals surface area (Å²) in [4.78, 5) is 11.8. The van der Waals surface area contributed by atoms with Crippen molar-refractivity contribution < 1.29 is 18.3 Å². The van der Waals surface area contributed by atoms with Crippen molar-refractivity contribution in [2.24, 2.45) is 0 Å². The molecule has 4 nitrogen and oxygen atoms in total. The van der Waals surface area contributed by atoms with Gasteiger partial charge in [-0.1, -0.05) is 12.1 Å². The molecule has 132 valence electrons. The van der Waals surface area contributed by atoms with Gasteiger partial charge in [0.05, 0.1) is 6.54 Å². The molecule has 1 aliphatic rings. The number of hydrogen-bond donors (Lipinski definition) is 2. The van der Waals surface area contributed by atoms with E-state index in [9.17, 15) is 13.6 Å². The first-order chi connectivity index (χ1) is 12.1. The van der Waals surface area contributed by atoms with Gasteiger partial charge in [-0.25, -0.2) is 13.6 Å². The van der Waals surface area contributed by atoms with Gasteiger partial charge in [0, 0.05) is 11.8 Å². The van der Waals surface area contributed by atoms with E-state index in [1.807, 2.05) is 12.1 Å². The zero-order valence-electron chi connectivity index (χ0n) is 13.8. The molecular weight excluding hydrogens is 326 g/mol. The van der Waals surface area contributed by atoms with Crippen molar-refractivity contribution in [1.29, 1.82) is 0 Å². The predicted octanol–water partition coefficient (Wildman–Crippen LogP) is 4.04. The Bertz CT molecular complexity index is 765. The second kappa shape index (κ2) is 7.96. The van der Waals surface area contributed by atoms with Gasteiger partial charge in [-0.2, -0.15) is 0 Å². The summed E-state index contributed by atoms with van der Waals surface area (Å²) in [6, 6.07) is 8.77. The summed E-state index contributed by atoms with van der Waals surface area (Å²) < 4.78 is 31.7. The number of fused-ring (bicyclic) bond motifs is 1. The van der Waals surface area contributed by atoms with Crippen LogP contribution in [0.25, 0.3) is 0 Å². The fourth-order valence-corrected chi connectivity index (χ4v) is 2.96. The normalized spacial score (nSPS) is 13.0. The molecule has 0 radical (unpaired) electrons. The molecular formula is C19H20F2N2O2. The molecule has 25 heavy (non-hydrogen) atoms. The van der Waals surface area contributed by atoms with Crippen LogP contribution in [0.5, 0.6) is 5.75 Å². The number of hydrogen-bond acceptors (Lipinski definition) is 2. The molecule has 0 aromatic heterocycles. The van der Waals surface area contributed by atoms with Crippen molar-refractivity contribution in [3.63, 3.8) is 0 Å². The van der Waals surface area contributed by atoms with Gasteiger partial charge in [0.25, 0.3) is 0 Å². The van der Waals surface area contributed by atoms with E-state index in [-0.39, 0.29) is 5.69 Å². The molecule has 0 saturated carbocycles. The number of aryl methyl sites for hydroxylation is 1. The third-order valence-electron chi connectivity index (χ3n) is 4.18. The Kier molecular flexibility index (Phi) is 5.48. The van der Waals surface area contributed by atoms with Gasteiger partial charge in [0.1, 0.15) is 12.4 Å². The van der Waals surface area contributed by atoms with Crippen molar-refractivity contribution in [2.75, 3.05) is 18.5 Å². The minimum Gasteiger partial charge on any atom is -0.491 e. The maximum atomic E-state index is 13.1. The molecule has 1 aliphatic carbocycles. The smallest absolute Gasteiger partial charge is 0.319 e. The molecule has 3 rings (SSSR count). The van der Waals surface area contributed by atoms with Gasteiger partial charge in [-0.15, -0.1) is 0 Å². The molecule has 0 saturated heterocycles. The van der Waals surface area contributed by atoms with E-state index in [2.05, 4.69) is 16.7 Å². The first kappa shape index (κ1) is 17.2. The average molecular weight is 346 g/mol. The van der Waals surface area contributed by atoms with Crippen molar-refractivity contribution in [1.82, 2.24) is 5.32 Å². The lowest BCUT2D eigenvalue weighted by molar-refractivity contribution is 0.247. The summed E-state index contributed by atoms with van der Waals surface area (Å²) in [5, 5.41) is 5.07. The largest absolute Gasteiger partial charge is 0.491 e. The lowest BCUT2D eigenvalue weighted by Crippen LogP contribution is -2.32. The van der Waals surface area contributed by atoms with Gasteiger partial charge >= 0.3 is 6.03 Å². The highest BCUT2D eigenvalue weighted by molar-refractivity contribution is 5.89. The average Bonchev–Trinajstić information content (AvgIpc) is 2.62. The summed E-state index contributed by atoms with van der Waals surface area (Å²) in [6.45, 7) is 0.640. The van der Waals surface area contributed by atoms with Gasteiger partial charge in [0.2, 0.25) is 0 Å². The van der Waals surface area contributed by atoms with Gasteiger partial charge in [-0.3, -0.25) is 0 Å². The number of nitrogens with one attached hydrogen (secondary N) is 2. The number of ether oxygens (including phenoxy) is 1. The third-order valence-corrected chi connectivity index (χ3v) is 4.18. The van der Waals surface area contributed by atoms with Crippen LogP contribution >= 0.6 is 0 Å². The fourth-order valence-electron chi connectivity index (χ4n) is 2.96. The van der Waals surface area contributed by atoms with Crippen LogP contribution in [-0.2, 0) is 12.8 Å². The van der Waals surface area contributed by atoms with Gasteiger partial charge in [-0.05, 0) is 55.0 Å². The Hall–Kier alpha value is -2.63. The van der Waals surface area contributed by atoms with Crippen LogP contribution < -0.4 is 15.4 Å². The minimum atomic E-state index is -1.00. The number of benzene rings is 2. The summed E-state index contributed by atoms with van der Waals surface area (Å²) in [7, 11) is 0. The second-order valence-electron chi connectivity index (χ2n) is 5.96. The Morgan fingerprint density at radius 3 is 2.76 bits per heavy atom. The van der Waals surface area contributed by atoms with Crippen LogP contribution in [0.15, 0.2) is 36.4 Å². The molecule has 6 heteroatoms. The number of urea groups is 1. The molecule has 0 heterocycles. The molecule has 0 atom stereocenters. The predicted molar refractivity (Wildman–Crippen MR) is 92.0 cm³/mol. The lowest BCUT2D eigenvalue weighted by Gasteiger charge is -2.19. The molecule has 0 fully saturated rings. The van der Waals surface area contributed by atoms with Crippen molar-refractivity contribution in [3.05, 3.63) is 59.2 Å². The summed E-state index contributed by atoms with van der Waals surface area (Å²) in [6.07, 6.45) is 4.49. The van der Waals surface area contributed by atoms with Crippen molar-refractivity contribution in [2.45, 2.75) is 25.7 Å². The van der Waals surface area contributed by atoms with Crippen molar-refractivity contribution >= 4 is 11.7 Å². The Morgan fingerprint density at radius 1 is 1.08 bits per heavy atom. The quantitative estimate of drug-likeness (QED) is 0.803. The molecule has 2 amide bonds. The number of rotatable bonds is 5. The first-order valence-electron chi connectivity index (χ1n) is 8.37. The molecule has 0 unspecified atom stereocenters. The molecule has 2 N–H and O–H groups in total. The standard InChI is InChI=1S/C19H20F2N2O2/c20-16-9-8-14(12-17(16)21)23-19(24)22-10-11-25-18-7-3-5-13-4-1-2-6-15(13)18/h3,5,7-9,12H,1-2,4,6,10-11H2,(H2,22,23,24). The maximum absolute atomic E-state index is 13.1. The highest BCUT2D eigenvalue weighted by Crippen LogP contribution is 2.29. The summed E-state index contributed by atoms with van der Waals surface area (Å²) >= 11 is 0. The number of carbonyl (C=O) groups excluding carboxylic acids is 1.